The summed E-state index contributed by atoms with van der Waals surface area (Å²) < 4.78 is 24.4. The van der Waals surface area contributed by atoms with E-state index in [0.717, 1.165) is 28.2 Å². The highest BCUT2D eigenvalue weighted by molar-refractivity contribution is 7.91. The molecule has 1 aliphatic heterocycles. The maximum Gasteiger partial charge on any atom is 0.184 e. The van der Waals surface area contributed by atoms with Crippen LogP contribution in [0.2, 0.25) is 0 Å². The number of aromatic nitrogens is 1. The number of thiazole rings is 1. The van der Waals surface area contributed by atoms with Crippen LogP contribution < -0.4 is 5.32 Å². The van der Waals surface area contributed by atoms with E-state index in [-0.39, 0.29) is 11.8 Å². The Kier molecular flexibility index (Phi) is 3.22. The number of benzene rings is 1. The van der Waals surface area contributed by atoms with Gasteiger partial charge >= 0.3 is 0 Å². The molecule has 1 saturated heterocycles. The number of hydrogen-bond donors (Lipinski definition) is 1. The van der Waals surface area contributed by atoms with Gasteiger partial charge in [0, 0.05) is 6.04 Å². The second kappa shape index (κ2) is 4.76. The molecule has 19 heavy (non-hydrogen) atoms. The molecule has 1 N–H and O–H groups in total. The van der Waals surface area contributed by atoms with Crippen molar-refractivity contribution in [3.63, 3.8) is 0 Å². The molecule has 1 unspecified atom stereocenters. The van der Waals surface area contributed by atoms with E-state index >= 15 is 0 Å². The quantitative estimate of drug-likeness (QED) is 0.925. The molecule has 1 atom stereocenters. The van der Waals surface area contributed by atoms with Crippen molar-refractivity contribution in [1.29, 1.82) is 0 Å². The van der Waals surface area contributed by atoms with Gasteiger partial charge in [0.05, 0.1) is 21.7 Å². The lowest BCUT2D eigenvalue weighted by Gasteiger charge is -2.22. The zero-order chi connectivity index (χ0) is 13.5. The number of aryl methyl sites for hydroxylation is 1. The maximum absolute atomic E-state index is 11.6. The fourth-order valence-corrected chi connectivity index (χ4v) is 5.08. The molecule has 102 valence electrons. The van der Waals surface area contributed by atoms with Crippen LogP contribution in [-0.2, 0) is 9.84 Å². The first kappa shape index (κ1) is 12.9. The van der Waals surface area contributed by atoms with Gasteiger partial charge in [-0.2, -0.15) is 0 Å². The highest BCUT2D eigenvalue weighted by atomic mass is 32.2. The Labute approximate surface area is 116 Å². The standard InChI is InChI=1S/C13H16N2O2S2/c1-9-4-5-11-12(7-9)18-13(15-11)14-10-3-2-6-19(16,17)8-10/h4-5,7,10H,2-3,6,8H2,1H3,(H,14,15). The van der Waals surface area contributed by atoms with Gasteiger partial charge in [0.1, 0.15) is 0 Å². The maximum atomic E-state index is 11.6. The molecule has 0 amide bonds. The first-order valence-electron chi connectivity index (χ1n) is 6.36. The summed E-state index contributed by atoms with van der Waals surface area (Å²) in [5.74, 6) is 0.548. The van der Waals surface area contributed by atoms with Gasteiger partial charge in [-0.05, 0) is 37.5 Å². The highest BCUT2D eigenvalue weighted by Gasteiger charge is 2.25. The van der Waals surface area contributed by atoms with Crippen LogP contribution in [0.25, 0.3) is 10.2 Å². The number of sulfone groups is 1. The zero-order valence-corrected chi connectivity index (χ0v) is 12.4. The molecule has 1 aliphatic rings. The third kappa shape index (κ3) is 2.90. The summed E-state index contributed by atoms with van der Waals surface area (Å²) in [6.07, 6.45) is 1.64. The number of fused-ring (bicyclic) bond motifs is 1. The third-order valence-corrected chi connectivity index (χ3v) is 6.10. The van der Waals surface area contributed by atoms with Crippen molar-refractivity contribution in [2.24, 2.45) is 0 Å². The van der Waals surface area contributed by atoms with Crippen LogP contribution in [0.4, 0.5) is 5.13 Å². The van der Waals surface area contributed by atoms with Crippen LogP contribution in [0.15, 0.2) is 18.2 Å². The molecule has 4 nitrogen and oxygen atoms in total. The van der Waals surface area contributed by atoms with Crippen LogP contribution in [0, 0.1) is 6.92 Å². The number of hydrogen-bond acceptors (Lipinski definition) is 5. The molecule has 1 aromatic heterocycles. The smallest absolute Gasteiger partial charge is 0.184 e. The van der Waals surface area contributed by atoms with Gasteiger partial charge in [-0.15, -0.1) is 0 Å². The normalized spacial score (nSPS) is 22.5. The van der Waals surface area contributed by atoms with E-state index in [1.165, 1.54) is 5.56 Å². The van der Waals surface area contributed by atoms with E-state index in [2.05, 4.69) is 23.3 Å². The van der Waals surface area contributed by atoms with Crippen molar-refractivity contribution in [3.05, 3.63) is 23.8 Å². The Bertz CT molecular complexity index is 707. The lowest BCUT2D eigenvalue weighted by Crippen LogP contribution is -2.34. The summed E-state index contributed by atoms with van der Waals surface area (Å²) in [6.45, 7) is 2.06. The lowest BCUT2D eigenvalue weighted by molar-refractivity contribution is 0.562. The van der Waals surface area contributed by atoms with Crippen molar-refractivity contribution in [1.82, 2.24) is 4.98 Å². The molecule has 0 radical (unpaired) electrons. The zero-order valence-electron chi connectivity index (χ0n) is 10.7. The molecule has 0 bridgehead atoms. The van der Waals surface area contributed by atoms with Gasteiger partial charge in [-0.3, -0.25) is 0 Å². The monoisotopic (exact) mass is 296 g/mol. The van der Waals surface area contributed by atoms with Crippen LogP contribution in [0.3, 0.4) is 0 Å². The Morgan fingerprint density at radius 3 is 3.05 bits per heavy atom. The highest BCUT2D eigenvalue weighted by Crippen LogP contribution is 2.28. The van der Waals surface area contributed by atoms with Gasteiger partial charge in [0.15, 0.2) is 15.0 Å². The van der Waals surface area contributed by atoms with Crippen molar-refractivity contribution in [2.75, 3.05) is 16.8 Å². The lowest BCUT2D eigenvalue weighted by atomic mass is 10.2. The SMILES string of the molecule is Cc1ccc2nc(NC3CCCS(=O)(=O)C3)sc2c1. The molecule has 2 heterocycles. The third-order valence-electron chi connectivity index (χ3n) is 3.33. The molecule has 6 heteroatoms. The van der Waals surface area contributed by atoms with Crippen molar-refractivity contribution in [2.45, 2.75) is 25.8 Å². The Morgan fingerprint density at radius 2 is 2.26 bits per heavy atom. The average Bonchev–Trinajstić information content (AvgIpc) is 2.68. The van der Waals surface area contributed by atoms with E-state index < -0.39 is 9.84 Å². The Morgan fingerprint density at radius 1 is 1.42 bits per heavy atom. The largest absolute Gasteiger partial charge is 0.358 e. The van der Waals surface area contributed by atoms with Gasteiger partial charge in [-0.25, -0.2) is 13.4 Å². The molecule has 1 aromatic carbocycles. The van der Waals surface area contributed by atoms with Crippen molar-refractivity contribution in [3.8, 4) is 0 Å². The number of anilines is 1. The van der Waals surface area contributed by atoms with Gasteiger partial charge in [0.2, 0.25) is 0 Å². The summed E-state index contributed by atoms with van der Waals surface area (Å²) in [5.41, 5.74) is 2.18. The average molecular weight is 296 g/mol. The van der Waals surface area contributed by atoms with E-state index in [9.17, 15) is 8.42 Å². The van der Waals surface area contributed by atoms with E-state index in [0.29, 0.717) is 5.75 Å². The minimum atomic E-state index is -2.87. The minimum absolute atomic E-state index is 0.000379. The van der Waals surface area contributed by atoms with Crippen LogP contribution >= 0.6 is 11.3 Å². The molecule has 2 aromatic rings. The Hall–Kier alpha value is -1.14. The van der Waals surface area contributed by atoms with Crippen LogP contribution in [0.1, 0.15) is 18.4 Å². The summed E-state index contributed by atoms with van der Waals surface area (Å²) in [5, 5.41) is 4.10. The van der Waals surface area contributed by atoms with E-state index in [4.69, 9.17) is 0 Å². The molecule has 1 fully saturated rings. The predicted molar refractivity (Wildman–Crippen MR) is 79.7 cm³/mol. The van der Waals surface area contributed by atoms with Crippen LogP contribution in [0.5, 0.6) is 0 Å². The topological polar surface area (TPSA) is 59.1 Å². The molecule has 0 spiro atoms. The fraction of sp³-hybridized carbons (Fsp3) is 0.462. The van der Waals surface area contributed by atoms with Crippen molar-refractivity contribution >= 4 is 36.5 Å². The summed E-state index contributed by atoms with van der Waals surface area (Å²) in [4.78, 5) is 4.51. The Balaban J connectivity index is 1.81. The molecular formula is C13H16N2O2S2. The number of rotatable bonds is 2. The van der Waals surface area contributed by atoms with E-state index in [1.807, 2.05) is 12.1 Å². The molecule has 3 rings (SSSR count). The molecule has 0 aliphatic carbocycles. The second-order valence-corrected chi connectivity index (χ2v) is 8.35. The second-order valence-electron chi connectivity index (χ2n) is 5.09. The number of nitrogens with one attached hydrogen (secondary N) is 1. The first-order chi connectivity index (χ1) is 9.02. The molecular weight excluding hydrogens is 280 g/mol. The summed E-state index contributed by atoms with van der Waals surface area (Å²) in [7, 11) is -2.87. The van der Waals surface area contributed by atoms with Crippen molar-refractivity contribution < 1.29 is 8.42 Å². The fourth-order valence-electron chi connectivity index (χ4n) is 2.40. The first-order valence-corrected chi connectivity index (χ1v) is 9.00. The molecule has 0 saturated carbocycles. The minimum Gasteiger partial charge on any atom is -0.358 e. The van der Waals surface area contributed by atoms with Gasteiger partial charge in [0.25, 0.3) is 0 Å². The summed E-state index contributed by atoms with van der Waals surface area (Å²) >= 11 is 1.59. The predicted octanol–water partition coefficient (Wildman–Crippen LogP) is 2.59. The van der Waals surface area contributed by atoms with E-state index in [1.54, 1.807) is 11.3 Å². The van der Waals surface area contributed by atoms with Gasteiger partial charge in [-0.1, -0.05) is 17.4 Å². The van der Waals surface area contributed by atoms with Gasteiger partial charge < -0.3 is 5.32 Å². The number of nitrogens with zero attached hydrogens (tertiary/aromatic N) is 1. The summed E-state index contributed by atoms with van der Waals surface area (Å²) in [6, 6.07) is 6.15. The van der Waals surface area contributed by atoms with Crippen LogP contribution in [-0.4, -0.2) is 30.9 Å².